The number of hydrogen-bond acceptors (Lipinski definition) is 0. The molecule has 0 saturated heterocycles. The second kappa shape index (κ2) is 2.11. The van der Waals surface area contributed by atoms with Crippen molar-refractivity contribution in [3.63, 3.8) is 0 Å². The van der Waals surface area contributed by atoms with Gasteiger partial charge in [0.15, 0.2) is 0 Å². The largest absolute Gasteiger partial charge is 0.434 e. The second-order valence-electron chi connectivity index (χ2n) is 0.460. The Balaban J connectivity index is 2.54. The highest BCUT2D eigenvalue weighted by Crippen LogP contribution is 1.85. The lowest BCUT2D eigenvalue weighted by Crippen LogP contribution is -1.94. The van der Waals surface area contributed by atoms with E-state index in [-0.39, 0.29) is 0 Å². The predicted octanol–water partition coefficient (Wildman–Crippen LogP) is 0.798. The fraction of sp³-hybridized carbons (Fsp3) is 1.00. The topological polar surface area (TPSA) is 0 Å². The molecule has 4 heteroatoms. The fourth-order valence-corrected chi connectivity index (χ4v) is 0. The molecule has 0 unspecified atom stereocenters. The van der Waals surface area contributed by atoms with Crippen LogP contribution in [0.15, 0.2) is 0 Å². The highest BCUT2D eigenvalue weighted by molar-refractivity contribution is 6.27. The van der Waals surface area contributed by atoms with Gasteiger partial charge in [-0.05, 0) is 0 Å². The third-order valence-electron chi connectivity index (χ3n) is 0.0952. The zero-order valence-electron chi connectivity index (χ0n) is 2.29. The number of alkyl halides is 2. The monoisotopic (exact) mass is 81.0 g/mol. The molecule has 0 heterocycles. The first-order valence-corrected chi connectivity index (χ1v) is 0.988. The van der Waals surface area contributed by atoms with Crippen LogP contribution in [0.5, 0.6) is 0 Å². The van der Waals surface area contributed by atoms with Crippen molar-refractivity contribution in [2.24, 2.45) is 0 Å². The van der Waals surface area contributed by atoms with E-state index >= 15 is 0 Å². The van der Waals surface area contributed by atoms with Crippen LogP contribution in [0.4, 0.5) is 13.1 Å². The Hall–Kier alpha value is -0.145. The summed E-state index contributed by atoms with van der Waals surface area (Å²) in [7, 11) is -0.667. The molecule has 0 fully saturated rings. The van der Waals surface area contributed by atoms with Gasteiger partial charge in [0.2, 0.25) is 6.32 Å². The van der Waals surface area contributed by atoms with E-state index in [2.05, 4.69) is 0 Å². The molecule has 0 saturated carbocycles. The van der Waals surface area contributed by atoms with Crippen LogP contribution in [0.1, 0.15) is 0 Å². The van der Waals surface area contributed by atoms with Gasteiger partial charge < -0.3 is 4.32 Å². The zero-order chi connectivity index (χ0) is 4.28. The van der Waals surface area contributed by atoms with Crippen LogP contribution in [0.3, 0.4) is 0 Å². The third kappa shape index (κ3) is 3.85. The molecule has 0 aromatic heterocycles. The van der Waals surface area contributed by atoms with Gasteiger partial charge in [0, 0.05) is 0 Å². The molecule has 0 aromatic carbocycles. The van der Waals surface area contributed by atoms with Crippen molar-refractivity contribution < 1.29 is 13.1 Å². The van der Waals surface area contributed by atoms with Crippen molar-refractivity contribution in [3.8, 4) is 0 Å². The highest BCUT2D eigenvalue weighted by Gasteiger charge is 2.01. The Labute approximate surface area is 28.3 Å². The average molecular weight is 80.8 g/mol. The summed E-state index contributed by atoms with van der Waals surface area (Å²) in [6.45, 7) is 0. The summed E-state index contributed by atoms with van der Waals surface area (Å²) in [6, 6.07) is 0. The van der Waals surface area contributed by atoms with Gasteiger partial charge in [0.25, 0.3) is 0 Å². The molecular weight excluding hydrogens is 79.8 g/mol. The van der Waals surface area contributed by atoms with Crippen LogP contribution in [0, 0.1) is 0 Å². The molecular formula is CHBF3. The molecule has 0 atom stereocenters. The number of halogens is 3. The van der Waals surface area contributed by atoms with Crippen LogP contribution in [-0.4, -0.2) is 13.9 Å². The molecule has 0 aromatic rings. The van der Waals surface area contributed by atoms with Crippen molar-refractivity contribution in [1.29, 1.82) is 0 Å². The normalized spacial score (nSPS) is 8.80. The van der Waals surface area contributed by atoms with Crippen LogP contribution in [0.2, 0.25) is 0 Å². The smallest absolute Gasteiger partial charge is 0.335 e. The first-order chi connectivity index (χ1) is 2.27. The molecule has 0 N–H and O–H groups in total. The Morgan fingerprint density at radius 1 is 1.40 bits per heavy atom. The van der Waals surface area contributed by atoms with Gasteiger partial charge in [-0.15, -0.1) is 0 Å². The molecule has 0 rings (SSSR count). The van der Waals surface area contributed by atoms with E-state index in [4.69, 9.17) is 0 Å². The molecule has 0 spiro atoms. The molecule has 0 nitrogen and oxygen atoms in total. The summed E-state index contributed by atoms with van der Waals surface area (Å²) in [5.41, 5.74) is 0. The summed E-state index contributed by atoms with van der Waals surface area (Å²) >= 11 is 0. The predicted molar refractivity (Wildman–Crippen MR) is 12.9 cm³/mol. The third-order valence-corrected chi connectivity index (χ3v) is 0.0952. The van der Waals surface area contributed by atoms with Gasteiger partial charge >= 0.3 is 7.56 Å². The van der Waals surface area contributed by atoms with E-state index in [0.29, 0.717) is 0 Å². The van der Waals surface area contributed by atoms with Crippen LogP contribution < -0.4 is 0 Å². The summed E-state index contributed by atoms with van der Waals surface area (Å²) < 4.78 is 30.9. The minimum atomic E-state index is -2.91. The maximum atomic E-state index is 10.3. The summed E-state index contributed by atoms with van der Waals surface area (Å²) in [4.78, 5) is 0. The van der Waals surface area contributed by atoms with Gasteiger partial charge in [0.05, 0.1) is 0 Å². The van der Waals surface area contributed by atoms with E-state index in [9.17, 15) is 13.1 Å². The van der Waals surface area contributed by atoms with Gasteiger partial charge in [-0.25, -0.2) is 8.78 Å². The first kappa shape index (κ1) is 4.85. The van der Waals surface area contributed by atoms with Crippen molar-refractivity contribution in [2.75, 3.05) is 0 Å². The van der Waals surface area contributed by atoms with Gasteiger partial charge in [0.1, 0.15) is 0 Å². The Bertz CT molecular complexity index is 20.9. The maximum Gasteiger partial charge on any atom is 0.434 e. The van der Waals surface area contributed by atoms with Gasteiger partial charge in [-0.2, -0.15) is 0 Å². The maximum absolute atomic E-state index is 10.3. The van der Waals surface area contributed by atoms with Crippen molar-refractivity contribution in [2.45, 2.75) is 6.32 Å². The van der Waals surface area contributed by atoms with Crippen molar-refractivity contribution in [1.82, 2.24) is 0 Å². The van der Waals surface area contributed by atoms with E-state index in [1.165, 1.54) is 0 Å². The van der Waals surface area contributed by atoms with Gasteiger partial charge in [-0.3, -0.25) is 0 Å². The quantitative estimate of drug-likeness (QED) is 0.409. The fourth-order valence-electron chi connectivity index (χ4n) is 0. The molecule has 5 heavy (non-hydrogen) atoms. The molecule has 0 bridgehead atoms. The van der Waals surface area contributed by atoms with Crippen molar-refractivity contribution >= 4 is 7.56 Å². The van der Waals surface area contributed by atoms with E-state index in [0.717, 1.165) is 0 Å². The highest BCUT2D eigenvalue weighted by atomic mass is 19.3. The number of rotatable bonds is 1. The minimum Gasteiger partial charge on any atom is -0.335 e. The van der Waals surface area contributed by atoms with Crippen molar-refractivity contribution in [3.05, 3.63) is 0 Å². The Kier molecular flexibility index (Phi) is 2.05. The average Bonchev–Trinajstić information content (AvgIpc) is 1.38. The van der Waals surface area contributed by atoms with Crippen LogP contribution >= 0.6 is 0 Å². The molecule has 0 aliphatic heterocycles. The minimum absolute atomic E-state index is 0.667. The molecule has 29 valence electrons. The summed E-state index contributed by atoms with van der Waals surface area (Å²) in [5.74, 6) is 0. The first-order valence-electron chi connectivity index (χ1n) is 0.988. The standard InChI is InChI=1S/CHBF3/c3-1(4)2-5/h1H. The second-order valence-corrected chi connectivity index (χ2v) is 0.460. The Morgan fingerprint density at radius 3 is 1.60 bits per heavy atom. The summed E-state index contributed by atoms with van der Waals surface area (Å²) in [6.07, 6.45) is -2.91. The SMILES string of the molecule is F[B]C(F)F. The van der Waals surface area contributed by atoms with Crippen LogP contribution in [-0.2, 0) is 0 Å². The molecule has 0 amide bonds. The van der Waals surface area contributed by atoms with Crippen LogP contribution in [0.25, 0.3) is 0 Å². The molecule has 1 radical (unpaired) electrons. The van der Waals surface area contributed by atoms with Gasteiger partial charge in [-0.1, -0.05) is 0 Å². The van der Waals surface area contributed by atoms with E-state index < -0.39 is 13.9 Å². The van der Waals surface area contributed by atoms with E-state index in [1.807, 2.05) is 0 Å². The summed E-state index contributed by atoms with van der Waals surface area (Å²) in [5, 5.41) is 0. The van der Waals surface area contributed by atoms with E-state index in [1.54, 1.807) is 0 Å². The Morgan fingerprint density at radius 2 is 1.60 bits per heavy atom. The lowest BCUT2D eigenvalue weighted by Gasteiger charge is -1.75. The zero-order valence-corrected chi connectivity index (χ0v) is 2.29. The number of hydrogen-bond donors (Lipinski definition) is 0. The molecule has 0 aliphatic rings. The lowest BCUT2D eigenvalue weighted by atomic mass is 10.1. The lowest BCUT2D eigenvalue weighted by molar-refractivity contribution is 0.229. The molecule has 0 aliphatic carbocycles.